The van der Waals surface area contributed by atoms with Crippen LogP contribution in [0.5, 0.6) is 28.7 Å². The highest BCUT2D eigenvalue weighted by Gasteiger charge is 2.30. The molecule has 0 aliphatic rings. The van der Waals surface area contributed by atoms with E-state index in [4.69, 9.17) is 30.5 Å². The number of amides is 1. The molecule has 0 atom stereocenters. The van der Waals surface area contributed by atoms with Crippen molar-refractivity contribution in [3.05, 3.63) is 63.6 Å². The van der Waals surface area contributed by atoms with Crippen LogP contribution in [0, 0.1) is 0 Å². The molecule has 1 amide bonds. The lowest BCUT2D eigenvalue weighted by atomic mass is 10.2. The first-order chi connectivity index (χ1) is 18.5. The predicted octanol–water partition coefficient (Wildman–Crippen LogP) is 4.19. The number of aromatic hydroxyl groups is 1. The summed E-state index contributed by atoms with van der Waals surface area (Å²) in [5, 5.41) is 14.1. The largest absolute Gasteiger partial charge is 0.503 e. The molecule has 3 rings (SSSR count). The number of phenolic OH excluding ortho intramolecular Hbond substituents is 1. The smallest absolute Gasteiger partial charge is 0.265 e. The molecule has 0 aliphatic carbocycles. The summed E-state index contributed by atoms with van der Waals surface area (Å²) in [6, 6.07) is 11.5. The van der Waals surface area contributed by atoms with Crippen LogP contribution < -0.4 is 28.7 Å². The average molecular weight is 643 g/mol. The van der Waals surface area contributed by atoms with Gasteiger partial charge in [0.2, 0.25) is 0 Å². The fourth-order valence-corrected chi connectivity index (χ4v) is 5.50. The van der Waals surface area contributed by atoms with Gasteiger partial charge >= 0.3 is 0 Å². The standard InChI is InChI=1S/C25H25BrClN3O8S/c1-35-20-7-5-16(27)11-19(20)30(39(33,34)17-6-8-21(36-2)22(12-17)37-3)14-24(31)29-28-13-15-9-18(26)25(32)23(10-15)38-4/h5-13,32H,14H2,1-4H3,(H,29,31). The maximum atomic E-state index is 13.8. The Morgan fingerprint density at radius 3 is 2.26 bits per heavy atom. The topological polar surface area (TPSA) is 136 Å². The first kappa shape index (κ1) is 29.9. The highest BCUT2D eigenvalue weighted by molar-refractivity contribution is 9.10. The fraction of sp³-hybridized carbons (Fsp3) is 0.200. The number of sulfonamides is 1. The predicted molar refractivity (Wildman–Crippen MR) is 150 cm³/mol. The second-order valence-corrected chi connectivity index (χ2v) is 10.8. The molecular formula is C25H25BrClN3O8S. The van der Waals surface area contributed by atoms with Gasteiger partial charge in [-0.25, -0.2) is 13.8 Å². The van der Waals surface area contributed by atoms with E-state index in [1.54, 1.807) is 6.07 Å². The summed E-state index contributed by atoms with van der Waals surface area (Å²) in [5.41, 5.74) is 2.83. The van der Waals surface area contributed by atoms with E-state index in [1.807, 2.05) is 0 Å². The number of hydrogen-bond acceptors (Lipinski definition) is 9. The summed E-state index contributed by atoms with van der Waals surface area (Å²) in [7, 11) is 1.20. The Kier molecular flexibility index (Phi) is 9.89. The van der Waals surface area contributed by atoms with Gasteiger partial charge in [-0.1, -0.05) is 11.6 Å². The maximum absolute atomic E-state index is 13.8. The molecular weight excluding hydrogens is 618 g/mol. The third-order valence-corrected chi connectivity index (χ3v) is 7.91. The van der Waals surface area contributed by atoms with E-state index < -0.39 is 22.5 Å². The molecule has 11 nitrogen and oxygen atoms in total. The van der Waals surface area contributed by atoms with E-state index in [9.17, 15) is 18.3 Å². The average Bonchev–Trinajstić information content (AvgIpc) is 2.92. The number of benzene rings is 3. The molecule has 208 valence electrons. The lowest BCUT2D eigenvalue weighted by Gasteiger charge is -2.25. The van der Waals surface area contributed by atoms with Crippen molar-refractivity contribution in [1.82, 2.24) is 5.43 Å². The van der Waals surface area contributed by atoms with Crippen LogP contribution >= 0.6 is 27.5 Å². The number of methoxy groups -OCH3 is 4. The molecule has 3 aromatic carbocycles. The van der Waals surface area contributed by atoms with Crippen LogP contribution in [0.25, 0.3) is 0 Å². The van der Waals surface area contributed by atoms with Crippen LogP contribution in [0.1, 0.15) is 5.56 Å². The summed E-state index contributed by atoms with van der Waals surface area (Å²) < 4.78 is 49.7. The van der Waals surface area contributed by atoms with Crippen molar-refractivity contribution in [3.8, 4) is 28.7 Å². The van der Waals surface area contributed by atoms with E-state index in [0.29, 0.717) is 15.8 Å². The van der Waals surface area contributed by atoms with E-state index in [1.165, 1.54) is 77.1 Å². The Hall–Kier alpha value is -3.68. The second-order valence-electron chi connectivity index (χ2n) is 7.69. The van der Waals surface area contributed by atoms with E-state index in [0.717, 1.165) is 4.31 Å². The quantitative estimate of drug-likeness (QED) is 0.235. The van der Waals surface area contributed by atoms with Gasteiger partial charge in [-0.2, -0.15) is 5.10 Å². The van der Waals surface area contributed by atoms with Gasteiger partial charge in [0.25, 0.3) is 15.9 Å². The van der Waals surface area contributed by atoms with E-state index >= 15 is 0 Å². The number of hydrazone groups is 1. The molecule has 0 unspecified atom stereocenters. The van der Waals surface area contributed by atoms with Gasteiger partial charge < -0.3 is 24.1 Å². The number of anilines is 1. The summed E-state index contributed by atoms with van der Waals surface area (Å²) in [6.45, 7) is -0.673. The summed E-state index contributed by atoms with van der Waals surface area (Å²) in [4.78, 5) is 12.8. The van der Waals surface area contributed by atoms with Crippen molar-refractivity contribution in [2.24, 2.45) is 5.10 Å². The number of hydrogen-bond donors (Lipinski definition) is 2. The molecule has 0 aliphatic heterocycles. The number of rotatable bonds is 11. The molecule has 0 radical (unpaired) electrons. The van der Waals surface area contributed by atoms with E-state index in [-0.39, 0.29) is 38.6 Å². The van der Waals surface area contributed by atoms with Crippen LogP contribution in [0.2, 0.25) is 5.02 Å². The lowest BCUT2D eigenvalue weighted by molar-refractivity contribution is -0.119. The monoisotopic (exact) mass is 641 g/mol. The van der Waals surface area contributed by atoms with Crippen molar-refractivity contribution < 1.29 is 37.3 Å². The molecule has 0 spiro atoms. The third-order valence-electron chi connectivity index (χ3n) is 5.31. The minimum atomic E-state index is -4.36. The zero-order chi connectivity index (χ0) is 28.7. The van der Waals surface area contributed by atoms with Crippen LogP contribution in [-0.4, -0.2) is 60.6 Å². The van der Waals surface area contributed by atoms with Crippen molar-refractivity contribution in [3.63, 3.8) is 0 Å². The molecule has 0 fully saturated rings. The van der Waals surface area contributed by atoms with Crippen LogP contribution in [-0.2, 0) is 14.8 Å². The van der Waals surface area contributed by atoms with Crippen molar-refractivity contribution in [1.29, 1.82) is 0 Å². The number of nitrogens with zero attached hydrogens (tertiary/aromatic N) is 2. The Morgan fingerprint density at radius 1 is 0.974 bits per heavy atom. The van der Waals surface area contributed by atoms with Crippen LogP contribution in [0.4, 0.5) is 5.69 Å². The maximum Gasteiger partial charge on any atom is 0.265 e. The van der Waals surface area contributed by atoms with Gasteiger partial charge in [0.1, 0.15) is 12.3 Å². The SMILES string of the molecule is COc1ccc(S(=O)(=O)N(CC(=O)NN=Cc2cc(Br)c(O)c(OC)c2)c2cc(Cl)ccc2OC)cc1OC. The van der Waals surface area contributed by atoms with Crippen molar-refractivity contribution in [2.75, 3.05) is 39.3 Å². The number of carbonyl (C=O) groups is 1. The Bertz CT molecular complexity index is 1500. The van der Waals surface area contributed by atoms with Gasteiger partial charge in [0.05, 0.1) is 49.7 Å². The van der Waals surface area contributed by atoms with Gasteiger partial charge in [-0.15, -0.1) is 0 Å². The van der Waals surface area contributed by atoms with E-state index in [2.05, 4.69) is 26.5 Å². The molecule has 0 aromatic heterocycles. The zero-order valence-electron chi connectivity index (χ0n) is 21.3. The molecule has 3 aromatic rings. The Morgan fingerprint density at radius 2 is 1.62 bits per heavy atom. The molecule has 14 heteroatoms. The number of phenols is 1. The number of carbonyl (C=O) groups excluding carboxylic acids is 1. The molecule has 0 saturated carbocycles. The highest BCUT2D eigenvalue weighted by atomic mass is 79.9. The minimum Gasteiger partial charge on any atom is -0.503 e. The minimum absolute atomic E-state index is 0.0334. The highest BCUT2D eigenvalue weighted by Crippen LogP contribution is 2.37. The summed E-state index contributed by atoms with van der Waals surface area (Å²) in [6.07, 6.45) is 1.30. The molecule has 0 saturated heterocycles. The molecule has 0 heterocycles. The second kappa shape index (κ2) is 12.9. The fourth-order valence-electron chi connectivity index (χ4n) is 3.43. The number of halogens is 2. The first-order valence-electron chi connectivity index (χ1n) is 11.0. The normalized spacial score (nSPS) is 11.2. The molecule has 2 N–H and O–H groups in total. The van der Waals surface area contributed by atoms with Gasteiger partial charge in [-0.05, 0) is 64.0 Å². The van der Waals surface area contributed by atoms with Crippen molar-refractivity contribution in [2.45, 2.75) is 4.90 Å². The summed E-state index contributed by atoms with van der Waals surface area (Å²) in [5.74, 6) is 0.0134. The van der Waals surface area contributed by atoms with Gasteiger partial charge in [0.15, 0.2) is 23.0 Å². The van der Waals surface area contributed by atoms with Crippen LogP contribution in [0.15, 0.2) is 63.0 Å². The first-order valence-corrected chi connectivity index (χ1v) is 13.6. The molecule has 0 bridgehead atoms. The third kappa shape index (κ3) is 6.85. The van der Waals surface area contributed by atoms with Crippen LogP contribution in [0.3, 0.4) is 0 Å². The number of nitrogens with one attached hydrogen (secondary N) is 1. The molecule has 39 heavy (non-hydrogen) atoms. The lowest BCUT2D eigenvalue weighted by Crippen LogP contribution is -2.39. The Labute approximate surface area is 239 Å². The zero-order valence-corrected chi connectivity index (χ0v) is 24.4. The van der Waals surface area contributed by atoms with Gasteiger partial charge in [-0.3, -0.25) is 9.10 Å². The summed E-state index contributed by atoms with van der Waals surface area (Å²) >= 11 is 9.38. The van der Waals surface area contributed by atoms with Gasteiger partial charge in [0, 0.05) is 11.1 Å². The Balaban J connectivity index is 1.97. The van der Waals surface area contributed by atoms with Crippen molar-refractivity contribution >= 4 is 55.4 Å². The number of ether oxygens (including phenoxy) is 4.